The van der Waals surface area contributed by atoms with Crippen LogP contribution in [0.25, 0.3) is 0 Å². The van der Waals surface area contributed by atoms with Gasteiger partial charge in [-0.15, -0.1) is 0 Å². The molecule has 2 saturated heterocycles. The minimum Gasteiger partial charge on any atom is -0.481 e. The lowest BCUT2D eigenvalue weighted by molar-refractivity contribution is -0.190. The van der Waals surface area contributed by atoms with Crippen molar-refractivity contribution >= 4 is 0 Å². The second-order valence-electron chi connectivity index (χ2n) is 5.09. The van der Waals surface area contributed by atoms with E-state index < -0.39 is 0 Å². The Labute approximate surface area is 113 Å². The summed E-state index contributed by atoms with van der Waals surface area (Å²) in [6.45, 7) is 4.13. The number of aromatic nitrogens is 1. The van der Waals surface area contributed by atoms with Gasteiger partial charge in [-0.1, -0.05) is 6.07 Å². The fourth-order valence-corrected chi connectivity index (χ4v) is 2.83. The summed E-state index contributed by atoms with van der Waals surface area (Å²) in [5.41, 5.74) is 1.02. The SMILES string of the molecule is COc1cccc(CN2CCCC3(C2)OCCO3)n1. The van der Waals surface area contributed by atoms with Crippen molar-refractivity contribution in [3.05, 3.63) is 23.9 Å². The van der Waals surface area contributed by atoms with Crippen molar-refractivity contribution in [2.24, 2.45) is 0 Å². The second kappa shape index (κ2) is 5.45. The van der Waals surface area contributed by atoms with Crippen molar-refractivity contribution in [2.75, 3.05) is 33.4 Å². The number of rotatable bonds is 3. The zero-order valence-corrected chi connectivity index (χ0v) is 11.3. The predicted octanol–water partition coefficient (Wildman–Crippen LogP) is 1.43. The molecule has 0 aliphatic carbocycles. The van der Waals surface area contributed by atoms with Crippen LogP contribution in [0.4, 0.5) is 0 Å². The molecule has 104 valence electrons. The molecule has 1 spiro atoms. The highest BCUT2D eigenvalue weighted by Crippen LogP contribution is 2.30. The standard InChI is InChI=1S/C14H20N2O3/c1-17-13-5-2-4-12(15-13)10-16-7-3-6-14(11-16)18-8-9-19-14/h2,4-5H,3,6-11H2,1H3. The third-order valence-corrected chi connectivity index (χ3v) is 3.69. The van der Waals surface area contributed by atoms with E-state index in [4.69, 9.17) is 14.2 Å². The van der Waals surface area contributed by atoms with E-state index in [0.29, 0.717) is 19.1 Å². The molecule has 19 heavy (non-hydrogen) atoms. The molecule has 5 nitrogen and oxygen atoms in total. The Kier molecular flexibility index (Phi) is 3.68. The van der Waals surface area contributed by atoms with Gasteiger partial charge >= 0.3 is 0 Å². The van der Waals surface area contributed by atoms with Gasteiger partial charge in [0.05, 0.1) is 32.6 Å². The van der Waals surface area contributed by atoms with E-state index in [-0.39, 0.29) is 5.79 Å². The average Bonchev–Trinajstić information content (AvgIpc) is 2.87. The van der Waals surface area contributed by atoms with E-state index in [0.717, 1.165) is 38.2 Å². The number of ether oxygens (including phenoxy) is 3. The minimum atomic E-state index is -0.364. The summed E-state index contributed by atoms with van der Waals surface area (Å²) in [7, 11) is 1.64. The van der Waals surface area contributed by atoms with E-state index in [9.17, 15) is 0 Å². The quantitative estimate of drug-likeness (QED) is 0.826. The van der Waals surface area contributed by atoms with Gasteiger partial charge in [-0.05, 0) is 19.0 Å². The van der Waals surface area contributed by atoms with Crippen LogP contribution in [0.1, 0.15) is 18.5 Å². The number of nitrogens with zero attached hydrogens (tertiary/aromatic N) is 2. The van der Waals surface area contributed by atoms with Gasteiger partial charge in [0, 0.05) is 19.0 Å². The average molecular weight is 264 g/mol. The van der Waals surface area contributed by atoms with Crippen LogP contribution >= 0.6 is 0 Å². The molecule has 2 aliphatic heterocycles. The molecule has 0 atom stereocenters. The van der Waals surface area contributed by atoms with Gasteiger partial charge in [0.15, 0.2) is 5.79 Å². The molecule has 1 aromatic rings. The largest absolute Gasteiger partial charge is 0.481 e. The maximum absolute atomic E-state index is 5.79. The summed E-state index contributed by atoms with van der Waals surface area (Å²) in [5, 5.41) is 0. The maximum Gasteiger partial charge on any atom is 0.213 e. The third kappa shape index (κ3) is 2.88. The van der Waals surface area contributed by atoms with Crippen LogP contribution in [-0.2, 0) is 16.0 Å². The lowest BCUT2D eigenvalue weighted by atomic mass is 10.0. The third-order valence-electron chi connectivity index (χ3n) is 3.69. The molecule has 0 saturated carbocycles. The van der Waals surface area contributed by atoms with Crippen LogP contribution in [0.2, 0.25) is 0 Å². The normalized spacial score (nSPS) is 22.8. The summed E-state index contributed by atoms with van der Waals surface area (Å²) in [6, 6.07) is 5.87. The number of hydrogen-bond donors (Lipinski definition) is 0. The molecule has 0 radical (unpaired) electrons. The van der Waals surface area contributed by atoms with E-state index in [1.54, 1.807) is 7.11 Å². The van der Waals surface area contributed by atoms with Crippen molar-refractivity contribution in [2.45, 2.75) is 25.2 Å². The lowest BCUT2D eigenvalue weighted by Crippen LogP contribution is -2.48. The molecule has 0 N–H and O–H groups in total. The van der Waals surface area contributed by atoms with Crippen LogP contribution in [-0.4, -0.2) is 49.1 Å². The van der Waals surface area contributed by atoms with E-state index in [2.05, 4.69) is 9.88 Å². The van der Waals surface area contributed by atoms with Crippen molar-refractivity contribution in [1.29, 1.82) is 0 Å². The number of likely N-dealkylation sites (tertiary alicyclic amines) is 1. The molecule has 1 aromatic heterocycles. The van der Waals surface area contributed by atoms with Crippen LogP contribution in [0, 0.1) is 0 Å². The number of pyridine rings is 1. The molecule has 2 fully saturated rings. The molecule has 2 aliphatic rings. The fourth-order valence-electron chi connectivity index (χ4n) is 2.83. The molecule has 0 aromatic carbocycles. The van der Waals surface area contributed by atoms with Gasteiger partial charge in [-0.25, -0.2) is 4.98 Å². The van der Waals surface area contributed by atoms with Gasteiger partial charge in [0.1, 0.15) is 0 Å². The summed E-state index contributed by atoms with van der Waals surface area (Å²) < 4.78 is 16.7. The molecule has 0 unspecified atom stereocenters. The molecule has 0 amide bonds. The summed E-state index contributed by atoms with van der Waals surface area (Å²) in [5.74, 6) is 0.300. The van der Waals surface area contributed by atoms with E-state index in [1.165, 1.54) is 0 Å². The first-order valence-corrected chi connectivity index (χ1v) is 6.80. The molecule has 3 heterocycles. The van der Waals surface area contributed by atoms with E-state index >= 15 is 0 Å². The van der Waals surface area contributed by atoms with Crippen LogP contribution < -0.4 is 4.74 Å². The highest BCUT2D eigenvalue weighted by atomic mass is 16.7. The van der Waals surface area contributed by atoms with Crippen molar-refractivity contribution in [3.63, 3.8) is 0 Å². The number of hydrogen-bond acceptors (Lipinski definition) is 5. The van der Waals surface area contributed by atoms with Gasteiger partial charge < -0.3 is 14.2 Å². The van der Waals surface area contributed by atoms with E-state index in [1.807, 2.05) is 18.2 Å². The summed E-state index contributed by atoms with van der Waals surface area (Å²) in [4.78, 5) is 6.80. The molecular formula is C14H20N2O3. The van der Waals surface area contributed by atoms with Crippen molar-refractivity contribution in [1.82, 2.24) is 9.88 Å². The minimum absolute atomic E-state index is 0.364. The van der Waals surface area contributed by atoms with Gasteiger partial charge in [0.25, 0.3) is 0 Å². The predicted molar refractivity (Wildman–Crippen MR) is 69.9 cm³/mol. The highest BCUT2D eigenvalue weighted by Gasteiger charge is 2.40. The molecule has 3 rings (SSSR count). The van der Waals surface area contributed by atoms with Crippen molar-refractivity contribution < 1.29 is 14.2 Å². The Morgan fingerprint density at radius 3 is 3.00 bits per heavy atom. The smallest absolute Gasteiger partial charge is 0.213 e. The number of methoxy groups -OCH3 is 1. The zero-order valence-electron chi connectivity index (χ0n) is 11.3. The Balaban J connectivity index is 1.65. The van der Waals surface area contributed by atoms with Crippen LogP contribution in [0.15, 0.2) is 18.2 Å². The molecule has 0 bridgehead atoms. The lowest BCUT2D eigenvalue weighted by Gasteiger charge is -2.38. The summed E-state index contributed by atoms with van der Waals surface area (Å²) in [6.07, 6.45) is 2.10. The van der Waals surface area contributed by atoms with Gasteiger partial charge in [-0.3, -0.25) is 4.90 Å². The topological polar surface area (TPSA) is 43.8 Å². The second-order valence-corrected chi connectivity index (χ2v) is 5.09. The van der Waals surface area contributed by atoms with Gasteiger partial charge in [0.2, 0.25) is 5.88 Å². The highest BCUT2D eigenvalue weighted by molar-refractivity contribution is 5.15. The molecular weight excluding hydrogens is 244 g/mol. The fraction of sp³-hybridized carbons (Fsp3) is 0.643. The van der Waals surface area contributed by atoms with Gasteiger partial charge in [-0.2, -0.15) is 0 Å². The Hall–Kier alpha value is -1.17. The first-order valence-electron chi connectivity index (χ1n) is 6.80. The first-order chi connectivity index (χ1) is 9.30. The Morgan fingerprint density at radius 2 is 2.21 bits per heavy atom. The van der Waals surface area contributed by atoms with Crippen LogP contribution in [0.5, 0.6) is 5.88 Å². The molecule has 5 heteroatoms. The monoisotopic (exact) mass is 264 g/mol. The summed E-state index contributed by atoms with van der Waals surface area (Å²) >= 11 is 0. The maximum atomic E-state index is 5.79. The van der Waals surface area contributed by atoms with Crippen LogP contribution in [0.3, 0.4) is 0 Å². The Bertz CT molecular complexity index is 432. The number of piperidine rings is 1. The zero-order chi connectivity index (χ0) is 13.1. The Morgan fingerprint density at radius 1 is 1.37 bits per heavy atom. The first kappa shape index (κ1) is 12.8. The van der Waals surface area contributed by atoms with Crippen molar-refractivity contribution in [3.8, 4) is 5.88 Å².